The highest BCUT2D eigenvalue weighted by Crippen LogP contribution is 2.29. The molecule has 1 N–H and O–H groups in total. The van der Waals surface area contributed by atoms with E-state index in [4.69, 9.17) is 0 Å². The minimum absolute atomic E-state index is 0.0331. The van der Waals surface area contributed by atoms with E-state index >= 15 is 0 Å². The molecule has 0 aliphatic heterocycles. The lowest BCUT2D eigenvalue weighted by Crippen LogP contribution is -2.10. The summed E-state index contributed by atoms with van der Waals surface area (Å²) in [5.41, 5.74) is 1.03. The topological polar surface area (TPSA) is 20.2 Å². The van der Waals surface area contributed by atoms with E-state index in [2.05, 4.69) is 20.8 Å². The minimum Gasteiger partial charge on any atom is -0.508 e. The summed E-state index contributed by atoms with van der Waals surface area (Å²) in [4.78, 5) is 0. The van der Waals surface area contributed by atoms with Crippen molar-refractivity contribution in [1.82, 2.24) is 0 Å². The van der Waals surface area contributed by atoms with Gasteiger partial charge in [0.2, 0.25) is 0 Å². The Hall–Kier alpha value is -0.980. The average molecular weight is 210 g/mol. The van der Waals surface area contributed by atoms with Crippen molar-refractivity contribution >= 4 is 0 Å². The molecule has 0 heterocycles. The molecule has 1 nitrogen and oxygen atoms in total. The van der Waals surface area contributed by atoms with E-state index in [9.17, 15) is 5.11 Å². The van der Waals surface area contributed by atoms with Crippen LogP contribution < -0.4 is 0 Å². The Bertz CT molecular complexity index is 246. The normalized spacial score (nSPS) is 9.27. The SMILES string of the molecule is CC.CC.CC(C)(C)c1ccccc1O. The first kappa shape index (κ1) is 16.4. The van der Waals surface area contributed by atoms with Crippen molar-refractivity contribution in [2.75, 3.05) is 0 Å². The highest BCUT2D eigenvalue weighted by molar-refractivity contribution is 5.36. The van der Waals surface area contributed by atoms with Crippen molar-refractivity contribution in [1.29, 1.82) is 0 Å². The zero-order chi connectivity index (χ0) is 12.5. The van der Waals surface area contributed by atoms with E-state index in [0.717, 1.165) is 5.56 Å². The molecule has 0 aliphatic carbocycles. The molecule has 0 amide bonds. The Balaban J connectivity index is 0. The van der Waals surface area contributed by atoms with Gasteiger partial charge in [0.1, 0.15) is 5.75 Å². The fraction of sp³-hybridized carbons (Fsp3) is 0.571. The van der Waals surface area contributed by atoms with Crippen molar-refractivity contribution < 1.29 is 5.11 Å². The fourth-order valence-corrected chi connectivity index (χ4v) is 1.11. The quantitative estimate of drug-likeness (QED) is 0.655. The van der Waals surface area contributed by atoms with Crippen molar-refractivity contribution in [3.05, 3.63) is 29.8 Å². The van der Waals surface area contributed by atoms with Crippen molar-refractivity contribution in [3.63, 3.8) is 0 Å². The van der Waals surface area contributed by atoms with Gasteiger partial charge in [-0.3, -0.25) is 0 Å². The predicted molar refractivity (Wildman–Crippen MR) is 69.5 cm³/mol. The molecule has 15 heavy (non-hydrogen) atoms. The van der Waals surface area contributed by atoms with Crippen LogP contribution in [0.3, 0.4) is 0 Å². The number of aromatic hydroxyl groups is 1. The third-order valence-electron chi connectivity index (χ3n) is 1.71. The largest absolute Gasteiger partial charge is 0.508 e. The summed E-state index contributed by atoms with van der Waals surface area (Å²) in [5.74, 6) is 0.389. The van der Waals surface area contributed by atoms with Crippen molar-refractivity contribution in [2.24, 2.45) is 0 Å². The molecule has 1 aromatic carbocycles. The average Bonchev–Trinajstić information content (AvgIpc) is 2.23. The number of para-hydroxylation sites is 1. The van der Waals surface area contributed by atoms with Gasteiger partial charge in [0.05, 0.1) is 0 Å². The second-order valence-corrected chi connectivity index (χ2v) is 3.77. The van der Waals surface area contributed by atoms with E-state index in [0.29, 0.717) is 5.75 Å². The van der Waals surface area contributed by atoms with E-state index < -0.39 is 0 Å². The summed E-state index contributed by atoms with van der Waals surface area (Å²) in [6.07, 6.45) is 0. The van der Waals surface area contributed by atoms with Gasteiger partial charge < -0.3 is 5.11 Å². The molecule has 0 radical (unpaired) electrons. The van der Waals surface area contributed by atoms with Crippen LogP contribution in [-0.2, 0) is 5.41 Å². The van der Waals surface area contributed by atoms with Crippen molar-refractivity contribution in [2.45, 2.75) is 53.9 Å². The minimum atomic E-state index is 0.0331. The molecule has 0 saturated carbocycles. The summed E-state index contributed by atoms with van der Waals surface area (Å²) in [5, 5.41) is 9.45. The predicted octanol–water partition coefficient (Wildman–Crippen LogP) is 4.74. The number of benzene rings is 1. The van der Waals surface area contributed by atoms with E-state index in [1.165, 1.54) is 0 Å². The van der Waals surface area contributed by atoms with Crippen LogP contribution in [0.5, 0.6) is 5.75 Å². The number of rotatable bonds is 0. The van der Waals surface area contributed by atoms with Gasteiger partial charge in [-0.05, 0) is 17.0 Å². The van der Waals surface area contributed by atoms with E-state index in [1.54, 1.807) is 6.07 Å². The Kier molecular flexibility index (Phi) is 9.14. The maximum Gasteiger partial charge on any atom is 0.119 e. The summed E-state index contributed by atoms with van der Waals surface area (Å²) in [6, 6.07) is 7.46. The molecule has 0 bridgehead atoms. The highest BCUT2D eigenvalue weighted by atomic mass is 16.3. The Morgan fingerprint density at radius 1 is 0.867 bits per heavy atom. The molecule has 1 rings (SSSR count). The van der Waals surface area contributed by atoms with Gasteiger partial charge in [0, 0.05) is 0 Å². The standard InChI is InChI=1S/C10H14O.2C2H6/c1-10(2,3)8-6-4-5-7-9(8)11;2*1-2/h4-7,11H,1-3H3;2*1-2H3. The van der Waals surface area contributed by atoms with E-state index in [1.807, 2.05) is 45.9 Å². The highest BCUT2D eigenvalue weighted by Gasteiger charge is 2.16. The molecule has 0 fully saturated rings. The number of phenolic OH excluding ortho intramolecular Hbond substituents is 1. The second-order valence-electron chi connectivity index (χ2n) is 3.77. The molecular formula is C14H26O. The van der Waals surface area contributed by atoms with Gasteiger partial charge in [0.25, 0.3) is 0 Å². The Morgan fingerprint density at radius 2 is 1.27 bits per heavy atom. The summed E-state index contributed by atoms with van der Waals surface area (Å²) >= 11 is 0. The van der Waals surface area contributed by atoms with Gasteiger partial charge in [-0.15, -0.1) is 0 Å². The van der Waals surface area contributed by atoms with Crippen LogP contribution in [-0.4, -0.2) is 5.11 Å². The summed E-state index contributed by atoms with van der Waals surface area (Å²) < 4.78 is 0. The van der Waals surface area contributed by atoms with E-state index in [-0.39, 0.29) is 5.41 Å². The molecule has 88 valence electrons. The lowest BCUT2D eigenvalue weighted by atomic mass is 9.86. The lowest BCUT2D eigenvalue weighted by Gasteiger charge is -2.19. The van der Waals surface area contributed by atoms with Crippen LogP contribution in [0.4, 0.5) is 0 Å². The van der Waals surface area contributed by atoms with Crippen LogP contribution >= 0.6 is 0 Å². The molecule has 0 aliphatic rings. The fourth-order valence-electron chi connectivity index (χ4n) is 1.11. The third-order valence-corrected chi connectivity index (χ3v) is 1.71. The van der Waals surface area contributed by atoms with Crippen LogP contribution in [0.2, 0.25) is 0 Å². The first-order chi connectivity index (χ1) is 7.02. The van der Waals surface area contributed by atoms with Crippen LogP contribution in [0.15, 0.2) is 24.3 Å². The molecule has 0 aromatic heterocycles. The number of hydrogen-bond acceptors (Lipinski definition) is 1. The zero-order valence-electron chi connectivity index (χ0n) is 11.3. The van der Waals surface area contributed by atoms with Gasteiger partial charge >= 0.3 is 0 Å². The zero-order valence-corrected chi connectivity index (χ0v) is 11.3. The summed E-state index contributed by atoms with van der Waals surface area (Å²) in [6.45, 7) is 14.3. The van der Waals surface area contributed by atoms with Crippen LogP contribution in [0.1, 0.15) is 54.0 Å². The third kappa shape index (κ3) is 6.16. The molecule has 0 atom stereocenters. The molecular weight excluding hydrogens is 184 g/mol. The number of phenols is 1. The molecule has 1 aromatic rings. The maximum absolute atomic E-state index is 9.45. The van der Waals surface area contributed by atoms with Crippen molar-refractivity contribution in [3.8, 4) is 5.75 Å². The van der Waals surface area contributed by atoms with Gasteiger partial charge in [-0.2, -0.15) is 0 Å². The monoisotopic (exact) mass is 210 g/mol. The smallest absolute Gasteiger partial charge is 0.119 e. The van der Waals surface area contributed by atoms with Gasteiger partial charge in [-0.25, -0.2) is 0 Å². The molecule has 0 saturated heterocycles. The van der Waals surface area contributed by atoms with Crippen LogP contribution in [0, 0.1) is 0 Å². The lowest BCUT2D eigenvalue weighted by molar-refractivity contribution is 0.447. The molecule has 1 heteroatoms. The first-order valence-electron chi connectivity index (χ1n) is 5.80. The van der Waals surface area contributed by atoms with Gasteiger partial charge in [-0.1, -0.05) is 66.7 Å². The second kappa shape index (κ2) is 8.34. The maximum atomic E-state index is 9.45. The van der Waals surface area contributed by atoms with Gasteiger partial charge in [0.15, 0.2) is 0 Å². The number of hydrogen-bond donors (Lipinski definition) is 1. The molecule has 0 unspecified atom stereocenters. The summed E-state index contributed by atoms with van der Waals surface area (Å²) in [7, 11) is 0. The Morgan fingerprint density at radius 3 is 1.53 bits per heavy atom. The van der Waals surface area contributed by atoms with Crippen LogP contribution in [0.25, 0.3) is 0 Å². The Labute approximate surface area is 95.2 Å². The first-order valence-corrected chi connectivity index (χ1v) is 5.80. The molecule has 0 spiro atoms.